The van der Waals surface area contributed by atoms with Crippen LogP contribution in [-0.2, 0) is 9.59 Å². The second kappa shape index (κ2) is 7.68. The number of carbonyl (C=O) groups excluding carboxylic acids is 2. The Morgan fingerprint density at radius 1 is 1.20 bits per heavy atom. The van der Waals surface area contributed by atoms with E-state index in [2.05, 4.69) is 30.3 Å². The quantitative estimate of drug-likeness (QED) is 0.907. The summed E-state index contributed by atoms with van der Waals surface area (Å²) in [6, 6.07) is 14.5. The molecule has 1 fully saturated rings. The van der Waals surface area contributed by atoms with Gasteiger partial charge in [-0.2, -0.15) is 0 Å². The van der Waals surface area contributed by atoms with Crippen molar-refractivity contribution >= 4 is 22.6 Å². The molecule has 132 valence electrons. The largest absolute Gasteiger partial charge is 0.370 e. The van der Waals surface area contributed by atoms with Crippen molar-refractivity contribution in [3.05, 3.63) is 48.0 Å². The van der Waals surface area contributed by atoms with Crippen molar-refractivity contribution in [2.75, 3.05) is 13.1 Å². The molecule has 0 aliphatic carbocycles. The average Bonchev–Trinajstić information content (AvgIpc) is 2.65. The summed E-state index contributed by atoms with van der Waals surface area (Å²) in [5, 5.41) is 2.35. The third-order valence-corrected chi connectivity index (χ3v) is 5.27. The zero-order valence-electron chi connectivity index (χ0n) is 14.8. The van der Waals surface area contributed by atoms with Crippen molar-refractivity contribution in [1.29, 1.82) is 0 Å². The van der Waals surface area contributed by atoms with Gasteiger partial charge in [0.25, 0.3) is 0 Å². The standard InChI is InChI=1S/C21H26N2O2/c1-15(18-10-9-17-6-2-3-7-19(17)13-18)21(25)23-12-4-5-16(14-23)8-11-20(22)24/h2-3,6-7,9-10,13,15-16H,4-5,8,11-12,14H2,1H3,(H2,22,24). The molecule has 2 aromatic carbocycles. The first-order valence-electron chi connectivity index (χ1n) is 9.10. The molecule has 0 spiro atoms. The van der Waals surface area contributed by atoms with Crippen molar-refractivity contribution in [2.45, 2.75) is 38.5 Å². The van der Waals surface area contributed by atoms with E-state index in [9.17, 15) is 9.59 Å². The van der Waals surface area contributed by atoms with E-state index in [-0.39, 0.29) is 17.7 Å². The van der Waals surface area contributed by atoms with Gasteiger partial charge in [0.15, 0.2) is 0 Å². The Hall–Kier alpha value is -2.36. The zero-order valence-corrected chi connectivity index (χ0v) is 14.8. The summed E-state index contributed by atoms with van der Waals surface area (Å²) in [6.45, 7) is 3.54. The predicted octanol–water partition coefficient (Wildman–Crippen LogP) is 3.45. The minimum atomic E-state index is -0.256. The molecule has 2 N–H and O–H groups in total. The number of rotatable bonds is 5. The molecule has 2 unspecified atom stereocenters. The highest BCUT2D eigenvalue weighted by atomic mass is 16.2. The van der Waals surface area contributed by atoms with Crippen molar-refractivity contribution in [1.82, 2.24) is 4.90 Å². The summed E-state index contributed by atoms with van der Waals surface area (Å²) in [5.74, 6) is 0.153. The number of primary amides is 1. The minimum absolute atomic E-state index is 0.153. The van der Waals surface area contributed by atoms with Gasteiger partial charge in [-0.3, -0.25) is 9.59 Å². The molecule has 0 bridgehead atoms. The topological polar surface area (TPSA) is 63.4 Å². The van der Waals surface area contributed by atoms with Gasteiger partial charge >= 0.3 is 0 Å². The van der Waals surface area contributed by atoms with E-state index in [4.69, 9.17) is 5.73 Å². The van der Waals surface area contributed by atoms with Gasteiger partial charge in [-0.1, -0.05) is 42.5 Å². The van der Waals surface area contributed by atoms with Gasteiger partial charge in [0.1, 0.15) is 0 Å². The number of carbonyl (C=O) groups is 2. The first kappa shape index (κ1) is 17.5. The molecule has 0 aromatic heterocycles. The van der Waals surface area contributed by atoms with Gasteiger partial charge < -0.3 is 10.6 Å². The Bertz CT molecular complexity index is 771. The smallest absolute Gasteiger partial charge is 0.229 e. The van der Waals surface area contributed by atoms with Crippen LogP contribution in [0.2, 0.25) is 0 Å². The van der Waals surface area contributed by atoms with Gasteiger partial charge in [0.2, 0.25) is 11.8 Å². The third kappa shape index (κ3) is 4.19. The van der Waals surface area contributed by atoms with Crippen LogP contribution < -0.4 is 5.73 Å². The highest BCUT2D eigenvalue weighted by Crippen LogP contribution is 2.27. The van der Waals surface area contributed by atoms with Crippen molar-refractivity contribution in [3.8, 4) is 0 Å². The average molecular weight is 338 g/mol. The molecule has 2 atom stereocenters. The lowest BCUT2D eigenvalue weighted by molar-refractivity contribution is -0.134. The van der Waals surface area contributed by atoms with E-state index in [0.717, 1.165) is 43.3 Å². The van der Waals surface area contributed by atoms with Crippen molar-refractivity contribution < 1.29 is 9.59 Å². The maximum Gasteiger partial charge on any atom is 0.229 e. The summed E-state index contributed by atoms with van der Waals surface area (Å²) in [6.07, 6.45) is 3.26. The summed E-state index contributed by atoms with van der Waals surface area (Å²) in [7, 11) is 0. The number of nitrogens with two attached hydrogens (primary N) is 1. The van der Waals surface area contributed by atoms with Crippen LogP contribution in [0.4, 0.5) is 0 Å². The van der Waals surface area contributed by atoms with Gasteiger partial charge in [-0.15, -0.1) is 0 Å². The Morgan fingerprint density at radius 2 is 1.96 bits per heavy atom. The number of nitrogens with zero attached hydrogens (tertiary/aromatic N) is 1. The van der Waals surface area contributed by atoms with E-state index in [0.29, 0.717) is 12.3 Å². The van der Waals surface area contributed by atoms with Crippen LogP contribution in [0.5, 0.6) is 0 Å². The van der Waals surface area contributed by atoms with Crippen LogP contribution in [0, 0.1) is 5.92 Å². The Balaban J connectivity index is 1.69. The maximum atomic E-state index is 13.0. The monoisotopic (exact) mass is 338 g/mol. The van der Waals surface area contributed by atoms with Gasteiger partial charge in [-0.25, -0.2) is 0 Å². The van der Waals surface area contributed by atoms with E-state index in [1.54, 1.807) is 0 Å². The minimum Gasteiger partial charge on any atom is -0.370 e. The molecule has 3 rings (SSSR count). The van der Waals surface area contributed by atoms with E-state index in [1.807, 2.05) is 24.0 Å². The lowest BCUT2D eigenvalue weighted by Gasteiger charge is -2.34. The highest BCUT2D eigenvalue weighted by Gasteiger charge is 2.27. The van der Waals surface area contributed by atoms with Gasteiger partial charge in [0, 0.05) is 19.5 Å². The lowest BCUT2D eigenvalue weighted by atomic mass is 9.91. The fraction of sp³-hybridized carbons (Fsp3) is 0.429. The Labute approximate surface area is 149 Å². The van der Waals surface area contributed by atoms with Crippen LogP contribution >= 0.6 is 0 Å². The van der Waals surface area contributed by atoms with Gasteiger partial charge in [0.05, 0.1) is 5.92 Å². The predicted molar refractivity (Wildman–Crippen MR) is 100 cm³/mol. The summed E-state index contributed by atoms with van der Waals surface area (Å²) < 4.78 is 0. The second-order valence-electron chi connectivity index (χ2n) is 7.13. The van der Waals surface area contributed by atoms with Crippen molar-refractivity contribution in [3.63, 3.8) is 0 Å². The molecule has 25 heavy (non-hydrogen) atoms. The van der Waals surface area contributed by atoms with E-state index >= 15 is 0 Å². The van der Waals surface area contributed by atoms with Crippen LogP contribution in [-0.4, -0.2) is 29.8 Å². The van der Waals surface area contributed by atoms with Crippen molar-refractivity contribution in [2.24, 2.45) is 11.7 Å². The molecule has 2 aromatic rings. The lowest BCUT2D eigenvalue weighted by Crippen LogP contribution is -2.42. The normalized spacial score (nSPS) is 18.9. The summed E-state index contributed by atoms with van der Waals surface area (Å²) >= 11 is 0. The molecule has 0 radical (unpaired) electrons. The van der Waals surface area contributed by atoms with Crippen LogP contribution in [0.1, 0.15) is 44.1 Å². The van der Waals surface area contributed by atoms with Crippen LogP contribution in [0.3, 0.4) is 0 Å². The zero-order chi connectivity index (χ0) is 17.8. The fourth-order valence-corrected chi connectivity index (χ4v) is 3.74. The molecule has 1 saturated heterocycles. The number of piperidine rings is 1. The number of amides is 2. The molecule has 2 amide bonds. The molecule has 4 nitrogen and oxygen atoms in total. The highest BCUT2D eigenvalue weighted by molar-refractivity contribution is 5.87. The molecule has 4 heteroatoms. The first-order valence-corrected chi connectivity index (χ1v) is 9.10. The number of benzene rings is 2. The SMILES string of the molecule is CC(C(=O)N1CCCC(CCC(N)=O)C1)c1ccc2ccccc2c1. The van der Waals surface area contributed by atoms with Crippen LogP contribution in [0.15, 0.2) is 42.5 Å². The number of hydrogen-bond donors (Lipinski definition) is 1. The number of hydrogen-bond acceptors (Lipinski definition) is 2. The molecule has 1 heterocycles. The van der Waals surface area contributed by atoms with E-state index < -0.39 is 0 Å². The molecular weight excluding hydrogens is 312 g/mol. The fourth-order valence-electron chi connectivity index (χ4n) is 3.74. The number of fused-ring (bicyclic) bond motifs is 1. The molecule has 0 saturated carbocycles. The van der Waals surface area contributed by atoms with E-state index in [1.165, 1.54) is 5.39 Å². The summed E-state index contributed by atoms with van der Waals surface area (Å²) in [4.78, 5) is 25.9. The van der Waals surface area contributed by atoms with Crippen LogP contribution in [0.25, 0.3) is 10.8 Å². The maximum absolute atomic E-state index is 13.0. The first-order chi connectivity index (χ1) is 12.0. The number of likely N-dealkylation sites (tertiary alicyclic amines) is 1. The van der Waals surface area contributed by atoms with Gasteiger partial charge in [-0.05, 0) is 48.4 Å². The molecular formula is C21H26N2O2. The molecule has 1 aliphatic heterocycles. The molecule has 1 aliphatic rings. The Kier molecular flexibility index (Phi) is 5.37. The Morgan fingerprint density at radius 3 is 2.72 bits per heavy atom. The third-order valence-electron chi connectivity index (χ3n) is 5.27. The second-order valence-corrected chi connectivity index (χ2v) is 7.13. The summed E-state index contributed by atoms with van der Waals surface area (Å²) in [5.41, 5.74) is 6.31.